The lowest BCUT2D eigenvalue weighted by atomic mass is 10.0. The number of Topliss-reactive ketones (excluding diaryl/α,β-unsaturated/α-hetero) is 1. The van der Waals surface area contributed by atoms with Gasteiger partial charge in [-0.05, 0) is 50.3 Å². The zero-order chi connectivity index (χ0) is 28.3. The molecule has 2 aromatic heterocycles. The molecule has 3 aromatic rings. The van der Waals surface area contributed by atoms with E-state index in [4.69, 9.17) is 4.42 Å². The molecule has 3 heterocycles. The third kappa shape index (κ3) is 6.28. The average molecular weight is 557 g/mol. The molecule has 0 aliphatic carbocycles. The monoisotopic (exact) mass is 556 g/mol. The highest BCUT2D eigenvalue weighted by molar-refractivity contribution is 7.89. The molecule has 1 aromatic carbocycles. The number of hydrogen-bond donors (Lipinski definition) is 2. The van der Waals surface area contributed by atoms with Crippen LogP contribution in [0.1, 0.15) is 50.6 Å². The second-order valence-electron chi connectivity index (χ2n) is 10.2. The molecule has 0 spiro atoms. The Kier molecular flexibility index (Phi) is 8.36. The highest BCUT2D eigenvalue weighted by atomic mass is 32.2. The van der Waals surface area contributed by atoms with Gasteiger partial charge in [0.25, 0.3) is 5.91 Å². The normalized spacial score (nSPS) is 19.5. The van der Waals surface area contributed by atoms with Gasteiger partial charge in [-0.2, -0.15) is 9.04 Å². The summed E-state index contributed by atoms with van der Waals surface area (Å²) in [5.41, 5.74) is 0.545. The molecule has 12 heteroatoms. The van der Waals surface area contributed by atoms with Crippen molar-refractivity contribution in [1.82, 2.24) is 14.9 Å². The maximum Gasteiger partial charge on any atom is 0.323 e. The number of pyridine rings is 1. The van der Waals surface area contributed by atoms with Gasteiger partial charge in [0, 0.05) is 23.6 Å². The lowest BCUT2D eigenvalue weighted by molar-refractivity contribution is -0.646. The topological polar surface area (TPSA) is 153 Å². The van der Waals surface area contributed by atoms with Gasteiger partial charge in [0.2, 0.25) is 5.91 Å². The Morgan fingerprint density at radius 3 is 2.56 bits per heavy atom. The fourth-order valence-corrected chi connectivity index (χ4v) is 6.29. The van der Waals surface area contributed by atoms with Crippen LogP contribution in [0.3, 0.4) is 0 Å². The summed E-state index contributed by atoms with van der Waals surface area (Å²) in [5.74, 6) is -1.49. The number of carbonyl (C=O) groups excluding carboxylic acids is 3. The highest BCUT2D eigenvalue weighted by Gasteiger charge is 2.40. The van der Waals surface area contributed by atoms with Crippen LogP contribution in [-0.4, -0.2) is 55.0 Å². The number of rotatable bonds is 8. The van der Waals surface area contributed by atoms with Crippen LogP contribution in [0.15, 0.2) is 64.2 Å². The molecule has 0 bridgehead atoms. The molecule has 208 valence electrons. The van der Waals surface area contributed by atoms with E-state index in [2.05, 4.69) is 10.6 Å². The van der Waals surface area contributed by atoms with Gasteiger partial charge in [0.05, 0.1) is 12.6 Å². The van der Waals surface area contributed by atoms with E-state index in [-0.39, 0.29) is 29.3 Å². The fraction of sp³-hybridized carbons (Fsp3) is 0.407. The van der Waals surface area contributed by atoms with Gasteiger partial charge in [-0.25, -0.2) is 8.42 Å². The smallest absolute Gasteiger partial charge is 0.323 e. The molecule has 39 heavy (non-hydrogen) atoms. The molecule has 3 unspecified atom stereocenters. The number of ketones is 1. The minimum atomic E-state index is -4.26. The Morgan fingerprint density at radius 1 is 1.15 bits per heavy atom. The zero-order valence-electron chi connectivity index (χ0n) is 22.0. The van der Waals surface area contributed by atoms with Crippen LogP contribution < -0.4 is 15.4 Å². The Labute approximate surface area is 226 Å². The van der Waals surface area contributed by atoms with Gasteiger partial charge in [-0.3, -0.25) is 14.4 Å². The molecule has 1 aliphatic rings. The number of hydrogen-bond acceptors (Lipinski definition) is 7. The summed E-state index contributed by atoms with van der Waals surface area (Å²) in [6.07, 6.45) is 1.87. The maximum atomic E-state index is 13.3. The Hall–Kier alpha value is -3.77. The first-order valence-electron chi connectivity index (χ1n) is 12.8. The Morgan fingerprint density at radius 2 is 1.87 bits per heavy atom. The lowest BCUT2D eigenvalue weighted by Gasteiger charge is -2.24. The molecule has 11 nitrogen and oxygen atoms in total. The molecule has 1 saturated heterocycles. The van der Waals surface area contributed by atoms with E-state index in [0.29, 0.717) is 12.0 Å². The zero-order valence-corrected chi connectivity index (χ0v) is 22.8. The first-order chi connectivity index (χ1) is 18.5. The number of para-hydroxylation sites is 1. The number of amides is 2. The van der Waals surface area contributed by atoms with Crippen molar-refractivity contribution < 1.29 is 31.9 Å². The molecule has 2 N–H and O–H groups in total. The molecule has 1 fully saturated rings. The number of fused-ring (bicyclic) bond motifs is 1. The van der Waals surface area contributed by atoms with Gasteiger partial charge < -0.3 is 20.3 Å². The average Bonchev–Trinajstić information content (AvgIpc) is 3.27. The summed E-state index contributed by atoms with van der Waals surface area (Å²) < 4.78 is 33.3. The lowest BCUT2D eigenvalue weighted by Crippen LogP contribution is -2.53. The van der Waals surface area contributed by atoms with E-state index in [1.165, 1.54) is 18.2 Å². The number of benzene rings is 1. The van der Waals surface area contributed by atoms with Crippen molar-refractivity contribution in [1.29, 1.82) is 0 Å². The quantitative estimate of drug-likeness (QED) is 0.318. The van der Waals surface area contributed by atoms with Gasteiger partial charge in [0.15, 0.2) is 17.7 Å². The number of furan rings is 1. The minimum Gasteiger partial charge on any atom is -0.618 e. The van der Waals surface area contributed by atoms with E-state index >= 15 is 0 Å². The van der Waals surface area contributed by atoms with Crippen LogP contribution in [-0.2, 0) is 19.6 Å². The van der Waals surface area contributed by atoms with Crippen molar-refractivity contribution in [2.24, 2.45) is 5.92 Å². The standard InChI is InChI=1S/C27H32N4O7S/c1-17(2)14-21(29-27(34)24-15-19-8-4-5-9-23(19)38-24)26(33)28-20-12-11-18(3)31(16-22(20)32)39(36,37)25-10-6-7-13-30(25)35/h4-10,13,15,17-18,20-21H,11-12,14,16H2,1-3H3,(H,28,33)(H,29,34). The van der Waals surface area contributed by atoms with E-state index in [1.54, 1.807) is 25.1 Å². The molecule has 0 radical (unpaired) electrons. The second-order valence-corrected chi connectivity index (χ2v) is 12.0. The predicted octanol–water partition coefficient (Wildman–Crippen LogP) is 2.14. The van der Waals surface area contributed by atoms with Gasteiger partial charge >= 0.3 is 15.0 Å². The molecule has 2 amide bonds. The van der Waals surface area contributed by atoms with Crippen molar-refractivity contribution in [3.8, 4) is 0 Å². The SMILES string of the molecule is CC(C)CC(NC(=O)c1cc2ccccc2o1)C(=O)NC1CCC(C)N(S(=O)(=O)c2cccc[n+]2[O-])CC1=O. The summed E-state index contributed by atoms with van der Waals surface area (Å²) in [6.45, 7) is 4.97. The van der Waals surface area contributed by atoms with Crippen LogP contribution in [0.2, 0.25) is 0 Å². The summed E-state index contributed by atoms with van der Waals surface area (Å²) >= 11 is 0. The molecule has 1 aliphatic heterocycles. The van der Waals surface area contributed by atoms with Crippen molar-refractivity contribution >= 4 is 38.6 Å². The van der Waals surface area contributed by atoms with Gasteiger partial charge in [0.1, 0.15) is 11.6 Å². The van der Waals surface area contributed by atoms with E-state index in [9.17, 15) is 28.0 Å². The van der Waals surface area contributed by atoms with E-state index in [0.717, 1.165) is 15.9 Å². The third-order valence-corrected chi connectivity index (χ3v) is 8.67. The predicted molar refractivity (Wildman–Crippen MR) is 142 cm³/mol. The summed E-state index contributed by atoms with van der Waals surface area (Å²) in [6, 6.07) is 10.3. The van der Waals surface area contributed by atoms with Crippen molar-refractivity contribution in [3.63, 3.8) is 0 Å². The Balaban J connectivity index is 1.48. The number of aromatic nitrogens is 1. The van der Waals surface area contributed by atoms with Crippen LogP contribution >= 0.6 is 0 Å². The number of nitrogens with zero attached hydrogens (tertiary/aromatic N) is 2. The first kappa shape index (κ1) is 28.2. The van der Waals surface area contributed by atoms with Crippen LogP contribution in [0.5, 0.6) is 0 Å². The Bertz CT molecular complexity index is 1450. The summed E-state index contributed by atoms with van der Waals surface area (Å²) in [5, 5.41) is 17.8. The minimum absolute atomic E-state index is 0.0480. The van der Waals surface area contributed by atoms with Gasteiger partial charge in [-0.1, -0.05) is 32.0 Å². The maximum absolute atomic E-state index is 13.3. The summed E-state index contributed by atoms with van der Waals surface area (Å²) in [4.78, 5) is 39.4. The fourth-order valence-electron chi connectivity index (χ4n) is 4.64. The molecular formula is C27H32N4O7S. The second kappa shape index (κ2) is 11.5. The third-order valence-electron chi connectivity index (χ3n) is 6.72. The largest absolute Gasteiger partial charge is 0.618 e. The van der Waals surface area contributed by atoms with E-state index in [1.807, 2.05) is 26.0 Å². The van der Waals surface area contributed by atoms with Crippen molar-refractivity contribution in [2.45, 2.75) is 63.2 Å². The van der Waals surface area contributed by atoms with Crippen LogP contribution in [0, 0.1) is 11.1 Å². The number of nitrogens with one attached hydrogen (secondary N) is 2. The van der Waals surface area contributed by atoms with Crippen molar-refractivity contribution in [3.05, 3.63) is 65.7 Å². The van der Waals surface area contributed by atoms with Crippen molar-refractivity contribution in [2.75, 3.05) is 6.54 Å². The molecule has 0 saturated carbocycles. The van der Waals surface area contributed by atoms with E-state index < -0.39 is 57.3 Å². The molecule has 3 atom stereocenters. The van der Waals surface area contributed by atoms with Crippen LogP contribution in [0.25, 0.3) is 11.0 Å². The first-order valence-corrected chi connectivity index (χ1v) is 14.2. The molecule has 4 rings (SSSR count). The van der Waals surface area contributed by atoms with Gasteiger partial charge in [-0.15, -0.1) is 0 Å². The highest BCUT2D eigenvalue weighted by Crippen LogP contribution is 2.23. The summed E-state index contributed by atoms with van der Waals surface area (Å²) in [7, 11) is -4.26. The number of carbonyl (C=O) groups is 3. The van der Waals surface area contributed by atoms with Crippen LogP contribution in [0.4, 0.5) is 0 Å². The number of sulfonamides is 1. The molecular weight excluding hydrogens is 524 g/mol.